The van der Waals surface area contributed by atoms with E-state index in [0.717, 1.165) is 58.3 Å². The first-order valence-electron chi connectivity index (χ1n) is 10.1. The van der Waals surface area contributed by atoms with Gasteiger partial charge in [-0.05, 0) is 32.9 Å². The molecule has 6 heteroatoms. The van der Waals surface area contributed by atoms with Crippen molar-refractivity contribution in [3.05, 3.63) is 35.9 Å². The van der Waals surface area contributed by atoms with Crippen molar-refractivity contribution in [1.82, 2.24) is 20.4 Å². The Morgan fingerprint density at radius 3 is 2.78 bits per heavy atom. The van der Waals surface area contributed by atoms with E-state index in [1.807, 2.05) is 0 Å². The van der Waals surface area contributed by atoms with Gasteiger partial charge in [-0.3, -0.25) is 9.89 Å². The number of hydrogen-bond donors (Lipinski definition) is 2. The van der Waals surface area contributed by atoms with Crippen LogP contribution in [0.3, 0.4) is 0 Å². The number of ether oxygens (including phenoxy) is 1. The van der Waals surface area contributed by atoms with Gasteiger partial charge in [0, 0.05) is 51.9 Å². The van der Waals surface area contributed by atoms with E-state index in [9.17, 15) is 0 Å². The second-order valence-electron chi connectivity index (χ2n) is 7.40. The Labute approximate surface area is 165 Å². The van der Waals surface area contributed by atoms with Gasteiger partial charge in [0.1, 0.15) is 0 Å². The summed E-state index contributed by atoms with van der Waals surface area (Å²) in [7, 11) is 3.85. The molecule has 2 atom stereocenters. The SMILES string of the molecule is CCNC(=NCCN(C)CCOC)NC1CC(C)N(Cc2ccccc2)C1. The van der Waals surface area contributed by atoms with Gasteiger partial charge in [0.05, 0.1) is 13.2 Å². The summed E-state index contributed by atoms with van der Waals surface area (Å²) < 4.78 is 5.12. The topological polar surface area (TPSA) is 52.1 Å². The zero-order valence-corrected chi connectivity index (χ0v) is 17.4. The van der Waals surface area contributed by atoms with Crippen LogP contribution in [0.5, 0.6) is 0 Å². The molecule has 1 aromatic rings. The van der Waals surface area contributed by atoms with Crippen molar-refractivity contribution in [2.45, 2.75) is 38.9 Å². The summed E-state index contributed by atoms with van der Waals surface area (Å²) in [6.45, 7) is 10.8. The summed E-state index contributed by atoms with van der Waals surface area (Å²) in [5.41, 5.74) is 1.38. The van der Waals surface area contributed by atoms with Crippen LogP contribution in [0.1, 0.15) is 25.8 Å². The minimum absolute atomic E-state index is 0.438. The minimum Gasteiger partial charge on any atom is -0.383 e. The third kappa shape index (κ3) is 7.87. The summed E-state index contributed by atoms with van der Waals surface area (Å²) in [6, 6.07) is 11.7. The lowest BCUT2D eigenvalue weighted by molar-refractivity contribution is 0.163. The van der Waals surface area contributed by atoms with Crippen molar-refractivity contribution in [3.63, 3.8) is 0 Å². The van der Waals surface area contributed by atoms with E-state index < -0.39 is 0 Å². The Bertz CT molecular complexity index is 551. The van der Waals surface area contributed by atoms with Gasteiger partial charge in [0.2, 0.25) is 0 Å². The lowest BCUT2D eigenvalue weighted by atomic mass is 10.2. The van der Waals surface area contributed by atoms with Gasteiger partial charge in [-0.1, -0.05) is 30.3 Å². The van der Waals surface area contributed by atoms with Crippen LogP contribution in [0.25, 0.3) is 0 Å². The average Bonchev–Trinajstić information content (AvgIpc) is 3.00. The molecule has 0 radical (unpaired) electrons. The number of nitrogens with one attached hydrogen (secondary N) is 2. The molecule has 2 unspecified atom stereocenters. The zero-order valence-electron chi connectivity index (χ0n) is 17.4. The fourth-order valence-corrected chi connectivity index (χ4v) is 3.45. The fourth-order valence-electron chi connectivity index (χ4n) is 3.45. The number of guanidine groups is 1. The maximum Gasteiger partial charge on any atom is 0.191 e. The molecule has 2 rings (SSSR count). The molecule has 27 heavy (non-hydrogen) atoms. The van der Waals surface area contributed by atoms with Gasteiger partial charge in [0.25, 0.3) is 0 Å². The molecule has 6 nitrogen and oxygen atoms in total. The molecule has 152 valence electrons. The number of benzene rings is 1. The van der Waals surface area contributed by atoms with Crippen LogP contribution in [0.2, 0.25) is 0 Å². The second kappa shape index (κ2) is 12.0. The number of likely N-dealkylation sites (tertiary alicyclic amines) is 1. The highest BCUT2D eigenvalue weighted by Gasteiger charge is 2.29. The normalized spacial score (nSPS) is 21.0. The largest absolute Gasteiger partial charge is 0.383 e. The van der Waals surface area contributed by atoms with E-state index in [1.165, 1.54) is 5.56 Å². The summed E-state index contributed by atoms with van der Waals surface area (Å²) in [6.07, 6.45) is 1.14. The highest BCUT2D eigenvalue weighted by atomic mass is 16.5. The average molecular weight is 376 g/mol. The van der Waals surface area contributed by atoms with Crippen molar-refractivity contribution in [2.75, 3.05) is 53.5 Å². The molecule has 1 aliphatic rings. The van der Waals surface area contributed by atoms with Gasteiger partial charge in [-0.15, -0.1) is 0 Å². The number of methoxy groups -OCH3 is 1. The van der Waals surface area contributed by atoms with E-state index in [0.29, 0.717) is 12.1 Å². The number of likely N-dealkylation sites (N-methyl/N-ethyl adjacent to an activating group) is 1. The van der Waals surface area contributed by atoms with Crippen molar-refractivity contribution in [2.24, 2.45) is 4.99 Å². The lowest BCUT2D eigenvalue weighted by Gasteiger charge is -2.21. The van der Waals surface area contributed by atoms with Crippen LogP contribution in [0.15, 0.2) is 35.3 Å². The number of nitrogens with zero attached hydrogens (tertiary/aromatic N) is 3. The van der Waals surface area contributed by atoms with Crippen molar-refractivity contribution in [3.8, 4) is 0 Å². The van der Waals surface area contributed by atoms with Crippen molar-refractivity contribution in [1.29, 1.82) is 0 Å². The molecule has 2 N–H and O–H groups in total. The summed E-state index contributed by atoms with van der Waals surface area (Å²) >= 11 is 0. The predicted molar refractivity (Wildman–Crippen MR) is 113 cm³/mol. The maximum atomic E-state index is 5.12. The zero-order chi connectivity index (χ0) is 19.5. The minimum atomic E-state index is 0.438. The quantitative estimate of drug-likeness (QED) is 0.482. The monoisotopic (exact) mass is 375 g/mol. The Kier molecular flexibility index (Phi) is 9.59. The molecule has 0 saturated carbocycles. The van der Waals surface area contributed by atoms with Gasteiger partial charge in [0.15, 0.2) is 5.96 Å². The second-order valence-corrected chi connectivity index (χ2v) is 7.40. The number of hydrogen-bond acceptors (Lipinski definition) is 4. The molecular weight excluding hydrogens is 338 g/mol. The van der Waals surface area contributed by atoms with Crippen LogP contribution in [-0.2, 0) is 11.3 Å². The summed E-state index contributed by atoms with van der Waals surface area (Å²) in [5.74, 6) is 0.927. The first-order chi connectivity index (χ1) is 13.1. The smallest absolute Gasteiger partial charge is 0.191 e. The first-order valence-corrected chi connectivity index (χ1v) is 10.1. The molecule has 1 aliphatic heterocycles. The molecule has 0 bridgehead atoms. The molecule has 1 aromatic carbocycles. The standard InChI is InChI=1S/C21H37N5O/c1-5-22-21(23-11-12-25(3)13-14-27-4)24-20-15-18(2)26(17-20)16-19-9-7-6-8-10-19/h6-10,18,20H,5,11-17H2,1-4H3,(H2,22,23,24). The van der Waals surface area contributed by atoms with Crippen LogP contribution >= 0.6 is 0 Å². The highest BCUT2D eigenvalue weighted by Crippen LogP contribution is 2.20. The lowest BCUT2D eigenvalue weighted by Crippen LogP contribution is -2.45. The molecule has 0 aliphatic carbocycles. The van der Waals surface area contributed by atoms with Crippen LogP contribution < -0.4 is 10.6 Å². The Balaban J connectivity index is 1.82. The molecule has 1 saturated heterocycles. The molecule has 1 heterocycles. The first kappa shape index (κ1) is 21.7. The van der Waals surface area contributed by atoms with Crippen molar-refractivity contribution < 1.29 is 4.74 Å². The third-order valence-electron chi connectivity index (χ3n) is 5.05. The molecule has 1 fully saturated rings. The number of aliphatic imine (C=N–C) groups is 1. The maximum absolute atomic E-state index is 5.12. The Morgan fingerprint density at radius 2 is 2.07 bits per heavy atom. The van der Waals surface area contributed by atoms with Crippen molar-refractivity contribution >= 4 is 5.96 Å². The van der Waals surface area contributed by atoms with Crippen LogP contribution in [-0.4, -0.2) is 81.3 Å². The summed E-state index contributed by atoms with van der Waals surface area (Å²) in [5, 5.41) is 7.02. The molecule has 0 amide bonds. The van der Waals surface area contributed by atoms with Gasteiger partial charge in [-0.25, -0.2) is 0 Å². The Morgan fingerprint density at radius 1 is 1.30 bits per heavy atom. The fraction of sp³-hybridized carbons (Fsp3) is 0.667. The van der Waals surface area contributed by atoms with Crippen LogP contribution in [0.4, 0.5) is 0 Å². The van der Waals surface area contributed by atoms with E-state index >= 15 is 0 Å². The van der Waals surface area contributed by atoms with E-state index in [-0.39, 0.29) is 0 Å². The van der Waals surface area contributed by atoms with Crippen LogP contribution in [0, 0.1) is 0 Å². The van der Waals surface area contributed by atoms with E-state index in [4.69, 9.17) is 9.73 Å². The Hall–Kier alpha value is -1.63. The molecule has 0 spiro atoms. The van der Waals surface area contributed by atoms with E-state index in [1.54, 1.807) is 7.11 Å². The van der Waals surface area contributed by atoms with Gasteiger partial charge < -0.3 is 20.3 Å². The predicted octanol–water partition coefficient (Wildman–Crippen LogP) is 1.78. The third-order valence-corrected chi connectivity index (χ3v) is 5.05. The molecular formula is C21H37N5O. The highest BCUT2D eigenvalue weighted by molar-refractivity contribution is 5.80. The molecule has 0 aromatic heterocycles. The summed E-state index contributed by atoms with van der Waals surface area (Å²) in [4.78, 5) is 9.55. The van der Waals surface area contributed by atoms with Gasteiger partial charge >= 0.3 is 0 Å². The van der Waals surface area contributed by atoms with E-state index in [2.05, 4.69) is 71.7 Å². The van der Waals surface area contributed by atoms with Gasteiger partial charge in [-0.2, -0.15) is 0 Å². The number of rotatable bonds is 10.